The molecule has 0 aromatic carbocycles. The molecule has 0 N–H and O–H groups in total. The van der Waals surface area contributed by atoms with Gasteiger partial charge in [0.2, 0.25) is 0 Å². The Balaban J connectivity index is 1.71. The van der Waals surface area contributed by atoms with Gasteiger partial charge in [-0.15, -0.1) is 11.3 Å². The van der Waals surface area contributed by atoms with Crippen molar-refractivity contribution in [3.63, 3.8) is 0 Å². The van der Waals surface area contributed by atoms with E-state index in [9.17, 15) is 9.59 Å². The van der Waals surface area contributed by atoms with Crippen LogP contribution in [0.2, 0.25) is 0 Å². The Bertz CT molecular complexity index is 1010. The highest BCUT2D eigenvalue weighted by Gasteiger charge is 2.23. The number of furan rings is 1. The van der Waals surface area contributed by atoms with E-state index in [0.29, 0.717) is 17.2 Å². The average Bonchev–Trinajstić information content (AvgIpc) is 3.20. The molecule has 130 valence electrons. The molecule has 0 saturated carbocycles. The molecule has 1 aliphatic carbocycles. The molecule has 1 unspecified atom stereocenters. The Morgan fingerprint density at radius 3 is 3.16 bits per heavy atom. The van der Waals surface area contributed by atoms with Crippen LogP contribution in [-0.4, -0.2) is 22.6 Å². The number of ether oxygens (including phenoxy) is 1. The molecule has 1 atom stereocenters. The second-order valence-corrected chi connectivity index (χ2v) is 7.59. The number of hydrogen-bond acceptors (Lipinski definition) is 6. The van der Waals surface area contributed by atoms with E-state index in [1.54, 1.807) is 23.7 Å². The van der Waals surface area contributed by atoms with E-state index in [2.05, 4.69) is 16.6 Å². The maximum absolute atomic E-state index is 12.9. The van der Waals surface area contributed by atoms with Crippen molar-refractivity contribution in [3.8, 4) is 0 Å². The van der Waals surface area contributed by atoms with Gasteiger partial charge in [-0.2, -0.15) is 0 Å². The van der Waals surface area contributed by atoms with Crippen LogP contribution >= 0.6 is 11.3 Å². The number of thiophene rings is 1. The number of esters is 1. The molecule has 0 fully saturated rings. The molecule has 0 spiro atoms. The molecule has 0 aliphatic heterocycles. The van der Waals surface area contributed by atoms with E-state index in [-0.39, 0.29) is 12.1 Å². The molecular formula is C18H18N2O4S. The first-order valence-corrected chi connectivity index (χ1v) is 9.04. The summed E-state index contributed by atoms with van der Waals surface area (Å²) in [5.41, 5.74) is 1.45. The average molecular weight is 358 g/mol. The van der Waals surface area contributed by atoms with Crippen molar-refractivity contribution >= 4 is 27.5 Å². The van der Waals surface area contributed by atoms with Crippen LogP contribution in [0.3, 0.4) is 0 Å². The molecule has 7 heteroatoms. The van der Waals surface area contributed by atoms with Gasteiger partial charge in [-0.05, 0) is 36.8 Å². The van der Waals surface area contributed by atoms with Crippen LogP contribution in [-0.2, 0) is 24.1 Å². The lowest BCUT2D eigenvalue weighted by Gasteiger charge is -2.17. The van der Waals surface area contributed by atoms with Crippen LogP contribution < -0.4 is 5.56 Å². The third-order valence-electron chi connectivity index (χ3n) is 4.68. The van der Waals surface area contributed by atoms with Crippen LogP contribution in [0.5, 0.6) is 0 Å². The SMILES string of the molecule is COC(=O)c1coc(Cn2cnc3sc4c(c3c2=O)CCC(C)C4)c1. The van der Waals surface area contributed by atoms with Crippen molar-refractivity contribution in [2.45, 2.75) is 32.7 Å². The second kappa shape index (κ2) is 6.15. The Hall–Kier alpha value is -2.41. The Kier molecular flexibility index (Phi) is 3.95. The van der Waals surface area contributed by atoms with Crippen molar-refractivity contribution < 1.29 is 13.9 Å². The minimum absolute atomic E-state index is 0.0481. The molecule has 3 heterocycles. The normalized spacial score (nSPS) is 16.8. The van der Waals surface area contributed by atoms with E-state index >= 15 is 0 Å². The standard InChI is InChI=1S/C18H18N2O4S/c1-10-3-4-13-14(5-10)25-16-15(13)17(21)20(9-19-16)7-12-6-11(8-24-12)18(22)23-2/h6,8-10H,3-5,7H2,1-2H3. The molecule has 4 rings (SSSR count). The molecule has 0 radical (unpaired) electrons. The summed E-state index contributed by atoms with van der Waals surface area (Å²) in [6.45, 7) is 2.48. The number of hydrogen-bond donors (Lipinski definition) is 0. The number of aryl methyl sites for hydroxylation is 1. The number of carbonyl (C=O) groups excluding carboxylic acids is 1. The minimum Gasteiger partial charge on any atom is -0.467 e. The van der Waals surface area contributed by atoms with Gasteiger partial charge >= 0.3 is 5.97 Å². The summed E-state index contributed by atoms with van der Waals surface area (Å²) in [5.74, 6) is 0.709. The van der Waals surface area contributed by atoms with Crippen LogP contribution in [0.15, 0.2) is 27.9 Å². The largest absolute Gasteiger partial charge is 0.467 e. The van der Waals surface area contributed by atoms with Crippen molar-refractivity contribution in [1.82, 2.24) is 9.55 Å². The molecule has 25 heavy (non-hydrogen) atoms. The van der Waals surface area contributed by atoms with Crippen molar-refractivity contribution in [2.24, 2.45) is 5.92 Å². The van der Waals surface area contributed by atoms with Gasteiger partial charge in [0.15, 0.2) is 0 Å². The topological polar surface area (TPSA) is 74.3 Å². The second-order valence-electron chi connectivity index (χ2n) is 6.50. The van der Waals surface area contributed by atoms with Gasteiger partial charge in [-0.25, -0.2) is 9.78 Å². The Morgan fingerprint density at radius 2 is 2.36 bits per heavy atom. The first-order chi connectivity index (χ1) is 12.1. The molecule has 0 amide bonds. The number of fused-ring (bicyclic) bond motifs is 3. The lowest BCUT2D eigenvalue weighted by molar-refractivity contribution is 0.0600. The fourth-order valence-electron chi connectivity index (χ4n) is 3.34. The lowest BCUT2D eigenvalue weighted by atomic mass is 9.89. The number of aromatic nitrogens is 2. The predicted molar refractivity (Wildman–Crippen MR) is 94.2 cm³/mol. The predicted octanol–water partition coefficient (Wildman–Crippen LogP) is 3.01. The summed E-state index contributed by atoms with van der Waals surface area (Å²) in [7, 11) is 1.32. The Labute approximate surface area is 148 Å². The van der Waals surface area contributed by atoms with E-state index < -0.39 is 5.97 Å². The summed E-state index contributed by atoms with van der Waals surface area (Å²) in [6, 6.07) is 1.59. The monoisotopic (exact) mass is 358 g/mol. The van der Waals surface area contributed by atoms with Gasteiger partial charge in [-0.3, -0.25) is 9.36 Å². The quantitative estimate of drug-likeness (QED) is 0.673. The van der Waals surface area contributed by atoms with Gasteiger partial charge < -0.3 is 9.15 Å². The molecule has 6 nitrogen and oxygen atoms in total. The molecule has 0 saturated heterocycles. The first-order valence-electron chi connectivity index (χ1n) is 8.22. The highest BCUT2D eigenvalue weighted by atomic mass is 32.1. The maximum atomic E-state index is 12.9. The highest BCUT2D eigenvalue weighted by molar-refractivity contribution is 7.18. The number of rotatable bonds is 3. The third-order valence-corrected chi connectivity index (χ3v) is 5.85. The number of methoxy groups -OCH3 is 1. The molecular weight excluding hydrogens is 340 g/mol. The van der Waals surface area contributed by atoms with Crippen LogP contribution in [0, 0.1) is 5.92 Å². The van der Waals surface area contributed by atoms with E-state index in [1.807, 2.05) is 0 Å². The number of carbonyl (C=O) groups is 1. The fraction of sp³-hybridized carbons (Fsp3) is 0.389. The van der Waals surface area contributed by atoms with E-state index in [0.717, 1.165) is 29.5 Å². The molecule has 1 aliphatic rings. The minimum atomic E-state index is -0.461. The van der Waals surface area contributed by atoms with Gasteiger partial charge in [0.05, 0.1) is 30.9 Å². The van der Waals surface area contributed by atoms with E-state index in [4.69, 9.17) is 4.42 Å². The van der Waals surface area contributed by atoms with Gasteiger partial charge in [0, 0.05) is 4.88 Å². The lowest BCUT2D eigenvalue weighted by Crippen LogP contribution is -2.22. The summed E-state index contributed by atoms with van der Waals surface area (Å²) >= 11 is 1.63. The molecule has 3 aromatic heterocycles. The summed E-state index contributed by atoms with van der Waals surface area (Å²) in [5, 5.41) is 0.745. The summed E-state index contributed by atoms with van der Waals surface area (Å²) in [4.78, 5) is 31.0. The van der Waals surface area contributed by atoms with Crippen LogP contribution in [0.4, 0.5) is 0 Å². The molecule has 3 aromatic rings. The molecule has 0 bridgehead atoms. The third kappa shape index (κ3) is 2.78. The van der Waals surface area contributed by atoms with E-state index in [1.165, 1.54) is 28.4 Å². The Morgan fingerprint density at radius 1 is 1.52 bits per heavy atom. The van der Waals surface area contributed by atoms with Gasteiger partial charge in [0.1, 0.15) is 16.9 Å². The maximum Gasteiger partial charge on any atom is 0.341 e. The van der Waals surface area contributed by atoms with Gasteiger partial charge in [0.25, 0.3) is 5.56 Å². The first kappa shape index (κ1) is 16.1. The van der Waals surface area contributed by atoms with Crippen LogP contribution in [0.25, 0.3) is 10.2 Å². The number of nitrogens with zero attached hydrogens (tertiary/aromatic N) is 2. The van der Waals surface area contributed by atoms with Crippen LogP contribution in [0.1, 0.15) is 39.9 Å². The van der Waals surface area contributed by atoms with Crippen molar-refractivity contribution in [1.29, 1.82) is 0 Å². The zero-order valence-electron chi connectivity index (χ0n) is 14.1. The summed E-state index contributed by atoms with van der Waals surface area (Å²) in [6.07, 6.45) is 5.96. The highest BCUT2D eigenvalue weighted by Crippen LogP contribution is 2.35. The zero-order chi connectivity index (χ0) is 17.6. The smallest absolute Gasteiger partial charge is 0.341 e. The van der Waals surface area contributed by atoms with Crippen molar-refractivity contribution in [2.75, 3.05) is 7.11 Å². The zero-order valence-corrected chi connectivity index (χ0v) is 14.9. The summed E-state index contributed by atoms with van der Waals surface area (Å²) < 4.78 is 11.6. The fourth-order valence-corrected chi connectivity index (χ4v) is 4.68. The van der Waals surface area contributed by atoms with Crippen molar-refractivity contribution in [3.05, 3.63) is 50.8 Å². The van der Waals surface area contributed by atoms with Gasteiger partial charge in [-0.1, -0.05) is 6.92 Å².